The van der Waals surface area contributed by atoms with Crippen LogP contribution in [0.2, 0.25) is 0 Å². The average molecular weight is 379 g/mol. The van der Waals surface area contributed by atoms with Gasteiger partial charge in [0, 0.05) is 19.0 Å². The van der Waals surface area contributed by atoms with Crippen LogP contribution in [-0.4, -0.2) is 42.5 Å². The van der Waals surface area contributed by atoms with Crippen molar-refractivity contribution in [2.75, 3.05) is 13.7 Å². The van der Waals surface area contributed by atoms with Crippen molar-refractivity contribution in [2.45, 2.75) is 19.0 Å². The number of carbonyl (C=O) groups excluding carboxylic acids is 3. The van der Waals surface area contributed by atoms with Gasteiger partial charge in [-0.25, -0.2) is 9.59 Å². The molecule has 0 aromatic heterocycles. The third-order valence-corrected chi connectivity index (χ3v) is 4.59. The number of fused-ring (bicyclic) bond motifs is 1. The van der Waals surface area contributed by atoms with Gasteiger partial charge in [-0.05, 0) is 22.8 Å². The van der Waals surface area contributed by atoms with Gasteiger partial charge in [0.2, 0.25) is 0 Å². The lowest BCUT2D eigenvalue weighted by Gasteiger charge is -2.35. The third kappa shape index (κ3) is 4.65. The monoisotopic (exact) mass is 379 g/mol. The van der Waals surface area contributed by atoms with E-state index in [4.69, 9.17) is 9.47 Å². The molecule has 144 valence electrons. The fourth-order valence-electron chi connectivity index (χ4n) is 3.12. The molecule has 0 radical (unpaired) electrons. The van der Waals surface area contributed by atoms with Crippen molar-refractivity contribution < 1.29 is 23.9 Å². The number of nitrogens with zero attached hydrogens (tertiary/aromatic N) is 1. The molecule has 1 atom stereocenters. The lowest BCUT2D eigenvalue weighted by Crippen LogP contribution is -2.50. The highest BCUT2D eigenvalue weighted by Gasteiger charge is 2.35. The van der Waals surface area contributed by atoms with Crippen LogP contribution in [0.5, 0.6) is 0 Å². The number of esters is 2. The Morgan fingerprint density at radius 2 is 1.71 bits per heavy atom. The minimum Gasteiger partial charge on any atom is -0.467 e. The summed E-state index contributed by atoms with van der Waals surface area (Å²) in [6.45, 7) is -0.167. The molecule has 0 bridgehead atoms. The second-order valence-electron chi connectivity index (χ2n) is 6.39. The normalized spacial score (nSPS) is 15.8. The Hall–Kier alpha value is -3.41. The molecule has 0 aliphatic carbocycles. The fraction of sp³-hybridized carbons (Fsp3) is 0.227. The third-order valence-electron chi connectivity index (χ3n) is 4.59. The van der Waals surface area contributed by atoms with Gasteiger partial charge < -0.3 is 14.4 Å². The largest absolute Gasteiger partial charge is 0.467 e. The van der Waals surface area contributed by atoms with Crippen molar-refractivity contribution in [3.05, 3.63) is 77.4 Å². The molecule has 28 heavy (non-hydrogen) atoms. The molecule has 1 amide bonds. The Kier molecular flexibility index (Phi) is 6.22. The molecular weight excluding hydrogens is 358 g/mol. The van der Waals surface area contributed by atoms with Gasteiger partial charge in [-0.1, -0.05) is 54.6 Å². The van der Waals surface area contributed by atoms with E-state index in [-0.39, 0.29) is 6.54 Å². The Morgan fingerprint density at radius 1 is 1.04 bits per heavy atom. The van der Waals surface area contributed by atoms with Gasteiger partial charge in [-0.2, -0.15) is 0 Å². The maximum Gasteiger partial charge on any atom is 0.331 e. The molecule has 1 heterocycles. The predicted octanol–water partition coefficient (Wildman–Crippen LogP) is 2.37. The maximum atomic E-state index is 12.6. The lowest BCUT2D eigenvalue weighted by molar-refractivity contribution is -0.158. The Labute approximate surface area is 163 Å². The second-order valence-corrected chi connectivity index (χ2v) is 6.39. The average Bonchev–Trinajstić information content (AvgIpc) is 2.75. The highest BCUT2D eigenvalue weighted by molar-refractivity contribution is 5.90. The van der Waals surface area contributed by atoms with E-state index in [0.717, 1.165) is 16.7 Å². The first-order valence-electron chi connectivity index (χ1n) is 8.92. The van der Waals surface area contributed by atoms with Crippen LogP contribution < -0.4 is 0 Å². The minimum absolute atomic E-state index is 0.270. The summed E-state index contributed by atoms with van der Waals surface area (Å²) in [5, 5.41) is 0. The summed E-state index contributed by atoms with van der Waals surface area (Å²) in [4.78, 5) is 38.1. The van der Waals surface area contributed by atoms with E-state index >= 15 is 0 Å². The summed E-state index contributed by atoms with van der Waals surface area (Å²) in [5.41, 5.74) is 2.82. The first-order chi connectivity index (χ1) is 13.6. The number of methoxy groups -OCH3 is 1. The van der Waals surface area contributed by atoms with Crippen molar-refractivity contribution in [3.8, 4) is 0 Å². The maximum absolute atomic E-state index is 12.6. The number of rotatable bonds is 5. The summed E-state index contributed by atoms with van der Waals surface area (Å²) < 4.78 is 9.91. The molecular formula is C22H21NO5. The Bertz CT molecular complexity index is 891. The van der Waals surface area contributed by atoms with E-state index in [2.05, 4.69) is 0 Å². The van der Waals surface area contributed by atoms with Crippen molar-refractivity contribution in [3.63, 3.8) is 0 Å². The first kappa shape index (κ1) is 19.4. The summed E-state index contributed by atoms with van der Waals surface area (Å²) in [6, 6.07) is 16.2. The SMILES string of the molecule is COC(=O)[C@H]1Cc2ccccc2CN1C(=O)COC(=O)/C=C/c1ccccc1. The Morgan fingerprint density at radius 3 is 2.43 bits per heavy atom. The van der Waals surface area contributed by atoms with Gasteiger partial charge in [0.05, 0.1) is 7.11 Å². The molecule has 0 spiro atoms. The van der Waals surface area contributed by atoms with Crippen LogP contribution >= 0.6 is 0 Å². The van der Waals surface area contributed by atoms with Crippen molar-refractivity contribution in [1.82, 2.24) is 4.90 Å². The minimum atomic E-state index is -0.731. The molecule has 0 fully saturated rings. The van der Waals surface area contributed by atoms with E-state index in [1.165, 1.54) is 18.1 Å². The first-order valence-corrected chi connectivity index (χ1v) is 8.92. The molecule has 0 unspecified atom stereocenters. The highest BCUT2D eigenvalue weighted by atomic mass is 16.5. The number of hydrogen-bond donors (Lipinski definition) is 0. The molecule has 2 aromatic rings. The number of carbonyl (C=O) groups is 3. The van der Waals surface area contributed by atoms with E-state index in [0.29, 0.717) is 6.42 Å². The van der Waals surface area contributed by atoms with Gasteiger partial charge in [0.25, 0.3) is 5.91 Å². The smallest absolute Gasteiger partial charge is 0.331 e. The zero-order chi connectivity index (χ0) is 19.9. The molecule has 2 aromatic carbocycles. The highest BCUT2D eigenvalue weighted by Crippen LogP contribution is 2.24. The summed E-state index contributed by atoms with van der Waals surface area (Å²) in [5.74, 6) is -1.55. The zero-order valence-electron chi connectivity index (χ0n) is 15.5. The number of ether oxygens (including phenoxy) is 2. The van der Waals surface area contributed by atoms with E-state index in [1.807, 2.05) is 54.6 Å². The number of amides is 1. The molecule has 3 rings (SSSR count). The van der Waals surface area contributed by atoms with Crippen LogP contribution in [0.4, 0.5) is 0 Å². The van der Waals surface area contributed by atoms with Crippen molar-refractivity contribution in [1.29, 1.82) is 0 Å². The van der Waals surface area contributed by atoms with Crippen molar-refractivity contribution >= 4 is 23.9 Å². The van der Waals surface area contributed by atoms with Gasteiger partial charge in [0.1, 0.15) is 6.04 Å². The van der Waals surface area contributed by atoms with Gasteiger partial charge >= 0.3 is 11.9 Å². The molecule has 0 saturated heterocycles. The van der Waals surface area contributed by atoms with Crippen LogP contribution in [0, 0.1) is 0 Å². The number of benzene rings is 2. The standard InChI is InChI=1S/C22H21NO5/c1-27-22(26)19-13-17-9-5-6-10-18(17)14-23(19)20(24)15-28-21(25)12-11-16-7-3-2-4-8-16/h2-12,19H,13-15H2,1H3/b12-11+/t19-/m1/s1. The molecule has 6 nitrogen and oxygen atoms in total. The van der Waals surface area contributed by atoms with E-state index in [9.17, 15) is 14.4 Å². The predicted molar refractivity (Wildman–Crippen MR) is 103 cm³/mol. The summed E-state index contributed by atoms with van der Waals surface area (Å²) in [7, 11) is 1.29. The van der Waals surface area contributed by atoms with Crippen LogP contribution in [-0.2, 0) is 36.8 Å². The lowest BCUT2D eigenvalue weighted by atomic mass is 9.94. The molecule has 6 heteroatoms. The number of hydrogen-bond acceptors (Lipinski definition) is 5. The van der Waals surface area contributed by atoms with Crippen LogP contribution in [0.1, 0.15) is 16.7 Å². The van der Waals surface area contributed by atoms with Crippen molar-refractivity contribution in [2.24, 2.45) is 0 Å². The second kappa shape index (κ2) is 8.99. The van der Waals surface area contributed by atoms with Gasteiger partial charge in [-0.3, -0.25) is 4.79 Å². The fourth-order valence-corrected chi connectivity index (χ4v) is 3.12. The summed E-state index contributed by atoms with van der Waals surface area (Å²) >= 11 is 0. The quantitative estimate of drug-likeness (QED) is 0.589. The molecule has 1 aliphatic heterocycles. The molecule has 0 saturated carbocycles. The molecule has 0 N–H and O–H groups in total. The Balaban J connectivity index is 1.64. The van der Waals surface area contributed by atoms with Crippen LogP contribution in [0.3, 0.4) is 0 Å². The van der Waals surface area contributed by atoms with Gasteiger partial charge in [0.15, 0.2) is 6.61 Å². The van der Waals surface area contributed by atoms with Gasteiger partial charge in [-0.15, -0.1) is 0 Å². The van der Waals surface area contributed by atoms with E-state index < -0.39 is 30.5 Å². The van der Waals surface area contributed by atoms with E-state index in [1.54, 1.807) is 6.08 Å². The zero-order valence-corrected chi connectivity index (χ0v) is 15.5. The van der Waals surface area contributed by atoms with Crippen LogP contribution in [0.15, 0.2) is 60.7 Å². The topological polar surface area (TPSA) is 72.9 Å². The summed E-state index contributed by atoms with van der Waals surface area (Å²) in [6.07, 6.45) is 3.25. The van der Waals surface area contributed by atoms with Crippen LogP contribution in [0.25, 0.3) is 6.08 Å². The molecule has 1 aliphatic rings.